The molecule has 1 aromatic carbocycles. The molecule has 1 heterocycles. The number of aryl methyl sites for hydroxylation is 1. The number of nitrogens with zero attached hydrogens (tertiary/aromatic N) is 2. The first-order chi connectivity index (χ1) is 9.78. The monoisotopic (exact) mass is 285 g/mol. The Balaban J connectivity index is 2.37. The smallest absolute Gasteiger partial charge is 0.239 e. The molecule has 2 rings (SSSR count). The van der Waals surface area contributed by atoms with Crippen LogP contribution in [0.2, 0.25) is 0 Å². The highest BCUT2D eigenvalue weighted by Gasteiger charge is 2.17. The standard InChI is InChI=1S/C17H23N3O/c1-12-8-6-7-9-14(12)20(5)15-11-10-13(18)16(19-15)21-17(2,3)4/h6-11H,18H2,1-5H3. The van der Waals surface area contributed by atoms with Crippen LogP contribution in [0.5, 0.6) is 5.88 Å². The zero-order valence-corrected chi connectivity index (χ0v) is 13.3. The average molecular weight is 285 g/mol. The molecule has 112 valence electrons. The largest absolute Gasteiger partial charge is 0.470 e. The number of rotatable bonds is 3. The van der Waals surface area contributed by atoms with Gasteiger partial charge in [-0.05, 0) is 51.5 Å². The number of hydrogen-bond acceptors (Lipinski definition) is 4. The van der Waals surface area contributed by atoms with Gasteiger partial charge in [0.25, 0.3) is 0 Å². The average Bonchev–Trinajstić information content (AvgIpc) is 2.39. The lowest BCUT2D eigenvalue weighted by Gasteiger charge is -2.24. The molecule has 4 nitrogen and oxygen atoms in total. The summed E-state index contributed by atoms with van der Waals surface area (Å²) in [5.41, 5.74) is 8.47. The first-order valence-electron chi connectivity index (χ1n) is 7.03. The zero-order chi connectivity index (χ0) is 15.6. The summed E-state index contributed by atoms with van der Waals surface area (Å²) in [6.45, 7) is 8.01. The SMILES string of the molecule is Cc1ccccc1N(C)c1ccc(N)c(OC(C)(C)C)n1. The van der Waals surface area contributed by atoms with Gasteiger partial charge in [-0.3, -0.25) is 0 Å². The predicted molar refractivity (Wildman–Crippen MR) is 88.3 cm³/mol. The van der Waals surface area contributed by atoms with Gasteiger partial charge < -0.3 is 15.4 Å². The van der Waals surface area contributed by atoms with Crippen molar-refractivity contribution < 1.29 is 4.74 Å². The number of para-hydroxylation sites is 1. The second-order valence-corrected chi connectivity index (χ2v) is 6.12. The highest BCUT2D eigenvalue weighted by atomic mass is 16.5. The van der Waals surface area contributed by atoms with Gasteiger partial charge in [0, 0.05) is 12.7 Å². The van der Waals surface area contributed by atoms with E-state index >= 15 is 0 Å². The predicted octanol–water partition coefficient (Wildman–Crippen LogP) is 3.92. The number of benzene rings is 1. The van der Waals surface area contributed by atoms with Crippen molar-refractivity contribution in [1.82, 2.24) is 4.98 Å². The molecule has 0 atom stereocenters. The van der Waals surface area contributed by atoms with Crippen LogP contribution in [0.4, 0.5) is 17.2 Å². The Hall–Kier alpha value is -2.23. The molecule has 2 N–H and O–H groups in total. The first-order valence-corrected chi connectivity index (χ1v) is 7.03. The topological polar surface area (TPSA) is 51.4 Å². The minimum Gasteiger partial charge on any atom is -0.470 e. The zero-order valence-electron chi connectivity index (χ0n) is 13.3. The molecular weight excluding hydrogens is 262 g/mol. The third kappa shape index (κ3) is 3.66. The second kappa shape index (κ2) is 5.64. The molecule has 21 heavy (non-hydrogen) atoms. The molecule has 0 saturated heterocycles. The maximum Gasteiger partial charge on any atom is 0.239 e. The molecule has 0 bridgehead atoms. The third-order valence-electron chi connectivity index (χ3n) is 3.10. The van der Waals surface area contributed by atoms with Crippen LogP contribution in [0.3, 0.4) is 0 Å². The summed E-state index contributed by atoms with van der Waals surface area (Å²) in [6, 6.07) is 11.9. The van der Waals surface area contributed by atoms with Gasteiger partial charge in [0.05, 0.1) is 5.69 Å². The fourth-order valence-corrected chi connectivity index (χ4v) is 2.06. The third-order valence-corrected chi connectivity index (χ3v) is 3.10. The van der Waals surface area contributed by atoms with E-state index in [2.05, 4.69) is 24.0 Å². The highest BCUT2D eigenvalue weighted by molar-refractivity contribution is 5.65. The van der Waals surface area contributed by atoms with Crippen LogP contribution in [0.25, 0.3) is 0 Å². The maximum absolute atomic E-state index is 5.96. The highest BCUT2D eigenvalue weighted by Crippen LogP contribution is 2.30. The van der Waals surface area contributed by atoms with Crippen molar-refractivity contribution in [2.75, 3.05) is 17.7 Å². The summed E-state index contributed by atoms with van der Waals surface area (Å²) >= 11 is 0. The Labute approximate surface area is 126 Å². The minimum atomic E-state index is -0.332. The van der Waals surface area contributed by atoms with E-state index in [1.165, 1.54) is 5.56 Å². The van der Waals surface area contributed by atoms with Crippen LogP contribution in [0, 0.1) is 6.92 Å². The maximum atomic E-state index is 5.96. The minimum absolute atomic E-state index is 0.332. The number of ether oxygens (including phenoxy) is 1. The summed E-state index contributed by atoms with van der Waals surface area (Å²) in [5.74, 6) is 1.28. The van der Waals surface area contributed by atoms with E-state index in [0.717, 1.165) is 11.5 Å². The van der Waals surface area contributed by atoms with E-state index in [4.69, 9.17) is 10.5 Å². The molecule has 2 aromatic rings. The van der Waals surface area contributed by atoms with E-state index in [1.807, 2.05) is 57.0 Å². The number of aromatic nitrogens is 1. The number of anilines is 3. The number of hydrogen-bond donors (Lipinski definition) is 1. The summed E-state index contributed by atoms with van der Waals surface area (Å²) in [7, 11) is 1.99. The number of nitrogens with two attached hydrogens (primary N) is 1. The van der Waals surface area contributed by atoms with E-state index in [-0.39, 0.29) is 5.60 Å². The van der Waals surface area contributed by atoms with Gasteiger partial charge in [0.1, 0.15) is 11.4 Å². The van der Waals surface area contributed by atoms with E-state index < -0.39 is 0 Å². The molecular formula is C17H23N3O. The quantitative estimate of drug-likeness (QED) is 0.928. The molecule has 0 radical (unpaired) electrons. The van der Waals surface area contributed by atoms with Crippen LogP contribution in [0.1, 0.15) is 26.3 Å². The fraction of sp³-hybridized carbons (Fsp3) is 0.353. The number of nitrogen functional groups attached to an aromatic ring is 1. The van der Waals surface area contributed by atoms with Crippen LogP contribution in [-0.4, -0.2) is 17.6 Å². The molecule has 1 aromatic heterocycles. The molecule has 0 spiro atoms. The van der Waals surface area contributed by atoms with Crippen molar-refractivity contribution >= 4 is 17.2 Å². The van der Waals surface area contributed by atoms with Gasteiger partial charge in [0.2, 0.25) is 5.88 Å². The number of pyridine rings is 1. The molecule has 0 aliphatic heterocycles. The van der Waals surface area contributed by atoms with Crippen molar-refractivity contribution in [2.24, 2.45) is 0 Å². The Morgan fingerprint density at radius 2 is 1.76 bits per heavy atom. The normalized spacial score (nSPS) is 11.3. The Morgan fingerprint density at radius 3 is 2.38 bits per heavy atom. The van der Waals surface area contributed by atoms with Crippen molar-refractivity contribution in [3.63, 3.8) is 0 Å². The molecule has 0 fully saturated rings. The summed E-state index contributed by atoms with van der Waals surface area (Å²) < 4.78 is 5.83. The van der Waals surface area contributed by atoms with E-state index in [1.54, 1.807) is 0 Å². The van der Waals surface area contributed by atoms with Gasteiger partial charge in [-0.2, -0.15) is 4.98 Å². The fourth-order valence-electron chi connectivity index (χ4n) is 2.06. The van der Waals surface area contributed by atoms with Crippen molar-refractivity contribution in [1.29, 1.82) is 0 Å². The lowest BCUT2D eigenvalue weighted by Crippen LogP contribution is -2.24. The Morgan fingerprint density at radius 1 is 1.10 bits per heavy atom. The van der Waals surface area contributed by atoms with E-state index in [9.17, 15) is 0 Å². The van der Waals surface area contributed by atoms with Crippen LogP contribution >= 0.6 is 0 Å². The van der Waals surface area contributed by atoms with Gasteiger partial charge in [-0.15, -0.1) is 0 Å². The first kappa shape index (κ1) is 15.2. The van der Waals surface area contributed by atoms with E-state index in [0.29, 0.717) is 11.6 Å². The molecule has 0 amide bonds. The van der Waals surface area contributed by atoms with Gasteiger partial charge in [-0.25, -0.2) is 0 Å². The lowest BCUT2D eigenvalue weighted by molar-refractivity contribution is 0.125. The van der Waals surface area contributed by atoms with Crippen molar-refractivity contribution in [3.05, 3.63) is 42.0 Å². The molecule has 0 aliphatic rings. The molecule has 0 saturated carbocycles. The Bertz CT molecular complexity index is 632. The van der Waals surface area contributed by atoms with Crippen LogP contribution in [0.15, 0.2) is 36.4 Å². The lowest BCUT2D eigenvalue weighted by atomic mass is 10.2. The Kier molecular flexibility index (Phi) is 4.07. The van der Waals surface area contributed by atoms with Crippen molar-refractivity contribution in [2.45, 2.75) is 33.3 Å². The van der Waals surface area contributed by atoms with Crippen LogP contribution in [-0.2, 0) is 0 Å². The summed E-state index contributed by atoms with van der Waals surface area (Å²) in [6.07, 6.45) is 0. The van der Waals surface area contributed by atoms with Crippen molar-refractivity contribution in [3.8, 4) is 5.88 Å². The van der Waals surface area contributed by atoms with Crippen LogP contribution < -0.4 is 15.4 Å². The summed E-state index contributed by atoms with van der Waals surface area (Å²) in [5, 5.41) is 0. The molecule has 0 unspecified atom stereocenters. The molecule has 4 heteroatoms. The van der Waals surface area contributed by atoms with Gasteiger partial charge in [0.15, 0.2) is 0 Å². The summed E-state index contributed by atoms with van der Waals surface area (Å²) in [4.78, 5) is 6.59. The van der Waals surface area contributed by atoms with Gasteiger partial charge in [-0.1, -0.05) is 18.2 Å². The van der Waals surface area contributed by atoms with Gasteiger partial charge >= 0.3 is 0 Å². The molecule has 0 aliphatic carbocycles. The second-order valence-electron chi connectivity index (χ2n) is 6.12.